The largest absolute Gasteiger partial charge is 0.380 e. The summed E-state index contributed by atoms with van der Waals surface area (Å²) in [5.41, 5.74) is 0.898. The van der Waals surface area contributed by atoms with Gasteiger partial charge in [-0.05, 0) is 85.7 Å². The van der Waals surface area contributed by atoms with Gasteiger partial charge in [0.15, 0.2) is 0 Å². The maximum atomic E-state index is 13.6. The standard InChI is InChI=1S/C29H35NO2/c31-28(27-22-16-20-15-21(18-22)19-23(27)17-20)30-13-11-26(12-14-30)29(32,24-7-3-1-4-8-24)25-9-5-2-6-10-25/h1-10,20-23,26-27,32H,11-19H2. The first kappa shape index (κ1) is 20.5. The number of rotatable bonds is 4. The maximum Gasteiger partial charge on any atom is 0.226 e. The average molecular weight is 430 g/mol. The van der Waals surface area contributed by atoms with Gasteiger partial charge >= 0.3 is 0 Å². The van der Waals surface area contributed by atoms with Gasteiger partial charge in [0.25, 0.3) is 0 Å². The highest BCUT2D eigenvalue weighted by atomic mass is 16.3. The summed E-state index contributed by atoms with van der Waals surface area (Å²) in [6.07, 6.45) is 8.29. The van der Waals surface area contributed by atoms with Crippen molar-refractivity contribution >= 4 is 5.91 Å². The minimum absolute atomic E-state index is 0.106. The highest BCUT2D eigenvalue weighted by Crippen LogP contribution is 2.57. The van der Waals surface area contributed by atoms with Gasteiger partial charge in [0.2, 0.25) is 5.91 Å². The van der Waals surface area contributed by atoms with E-state index in [1.165, 1.54) is 32.1 Å². The minimum atomic E-state index is -1.01. The van der Waals surface area contributed by atoms with Crippen LogP contribution in [-0.4, -0.2) is 29.0 Å². The molecule has 5 fully saturated rings. The predicted molar refractivity (Wildman–Crippen MR) is 126 cm³/mol. The van der Waals surface area contributed by atoms with Crippen molar-refractivity contribution < 1.29 is 9.90 Å². The molecule has 0 spiro atoms. The van der Waals surface area contributed by atoms with Gasteiger partial charge < -0.3 is 10.0 Å². The van der Waals surface area contributed by atoms with Gasteiger partial charge in [-0.15, -0.1) is 0 Å². The summed E-state index contributed by atoms with van der Waals surface area (Å²) in [5.74, 6) is 3.90. The summed E-state index contributed by atoms with van der Waals surface area (Å²) < 4.78 is 0. The lowest BCUT2D eigenvalue weighted by atomic mass is 9.51. The SMILES string of the molecule is O=C(C1C2CC3CC(C2)CC1C3)N1CCC(C(O)(c2ccccc2)c2ccccc2)CC1. The van der Waals surface area contributed by atoms with Crippen LogP contribution in [0.5, 0.6) is 0 Å². The number of amides is 1. The van der Waals surface area contributed by atoms with Crippen LogP contribution in [0.15, 0.2) is 60.7 Å². The molecule has 168 valence electrons. The Kier molecular flexibility index (Phi) is 5.13. The molecule has 7 rings (SSSR count). The van der Waals surface area contributed by atoms with E-state index in [-0.39, 0.29) is 11.8 Å². The van der Waals surface area contributed by atoms with Gasteiger partial charge in [-0.25, -0.2) is 0 Å². The van der Waals surface area contributed by atoms with Crippen LogP contribution in [-0.2, 0) is 10.4 Å². The van der Waals surface area contributed by atoms with Crippen molar-refractivity contribution in [1.82, 2.24) is 4.90 Å². The van der Waals surface area contributed by atoms with Crippen molar-refractivity contribution in [3.63, 3.8) is 0 Å². The Bertz CT molecular complexity index is 880. The first-order valence-electron chi connectivity index (χ1n) is 12.7. The summed E-state index contributed by atoms with van der Waals surface area (Å²) in [6.45, 7) is 1.54. The molecule has 1 aliphatic heterocycles. The van der Waals surface area contributed by atoms with Gasteiger partial charge in [-0.2, -0.15) is 0 Å². The van der Waals surface area contributed by atoms with Crippen molar-refractivity contribution in [1.29, 1.82) is 0 Å². The zero-order valence-corrected chi connectivity index (χ0v) is 18.9. The van der Waals surface area contributed by atoms with Crippen molar-refractivity contribution in [3.8, 4) is 0 Å². The molecule has 4 saturated carbocycles. The second-order valence-electron chi connectivity index (χ2n) is 11.1. The Labute approximate surface area is 191 Å². The summed E-state index contributed by atoms with van der Waals surface area (Å²) in [6, 6.07) is 20.2. The van der Waals surface area contributed by atoms with E-state index in [1.807, 2.05) is 60.7 Å². The van der Waals surface area contributed by atoms with Gasteiger partial charge in [0, 0.05) is 19.0 Å². The number of piperidine rings is 1. The molecule has 1 heterocycles. The Hall–Kier alpha value is -2.13. The molecule has 5 aliphatic rings. The Morgan fingerprint density at radius 1 is 0.750 bits per heavy atom. The van der Waals surface area contributed by atoms with E-state index in [0.29, 0.717) is 17.7 Å². The lowest BCUT2D eigenvalue weighted by molar-refractivity contribution is -0.151. The van der Waals surface area contributed by atoms with Crippen LogP contribution in [0.4, 0.5) is 0 Å². The van der Waals surface area contributed by atoms with E-state index < -0.39 is 5.60 Å². The van der Waals surface area contributed by atoms with Gasteiger partial charge in [0.1, 0.15) is 5.60 Å². The molecule has 0 atom stereocenters. The first-order chi connectivity index (χ1) is 15.6. The monoisotopic (exact) mass is 429 g/mol. The molecule has 32 heavy (non-hydrogen) atoms. The highest BCUT2D eigenvalue weighted by molar-refractivity contribution is 5.80. The number of likely N-dealkylation sites (tertiary alicyclic amines) is 1. The number of carbonyl (C=O) groups is 1. The van der Waals surface area contributed by atoms with Gasteiger partial charge in [0.05, 0.1) is 0 Å². The molecule has 1 amide bonds. The lowest BCUT2D eigenvalue weighted by Gasteiger charge is -2.54. The maximum absolute atomic E-state index is 13.6. The van der Waals surface area contributed by atoms with E-state index in [1.54, 1.807) is 0 Å². The van der Waals surface area contributed by atoms with E-state index >= 15 is 0 Å². The third kappa shape index (κ3) is 3.32. The molecule has 4 bridgehead atoms. The van der Waals surface area contributed by atoms with E-state index in [9.17, 15) is 9.90 Å². The molecule has 2 aromatic rings. The third-order valence-electron chi connectivity index (χ3n) is 9.34. The second kappa shape index (κ2) is 8.02. The van der Waals surface area contributed by atoms with Crippen LogP contribution < -0.4 is 0 Å². The molecule has 0 unspecified atom stereocenters. The van der Waals surface area contributed by atoms with Crippen molar-refractivity contribution in [2.75, 3.05) is 13.1 Å². The van der Waals surface area contributed by atoms with Crippen LogP contribution in [0.25, 0.3) is 0 Å². The van der Waals surface area contributed by atoms with E-state index in [2.05, 4.69) is 4.90 Å². The number of nitrogens with zero attached hydrogens (tertiary/aromatic N) is 1. The fraction of sp³-hybridized carbons (Fsp3) is 0.552. The Balaban J connectivity index is 1.20. The normalized spacial score (nSPS) is 32.3. The molecule has 3 nitrogen and oxygen atoms in total. The minimum Gasteiger partial charge on any atom is -0.380 e. The van der Waals surface area contributed by atoms with E-state index in [4.69, 9.17) is 0 Å². The molecular weight excluding hydrogens is 394 g/mol. The van der Waals surface area contributed by atoms with Crippen LogP contribution in [0.1, 0.15) is 56.1 Å². The van der Waals surface area contributed by atoms with Crippen LogP contribution >= 0.6 is 0 Å². The molecular formula is C29H35NO2. The summed E-state index contributed by atoms with van der Waals surface area (Å²) in [5, 5.41) is 12.1. The zero-order chi connectivity index (χ0) is 21.7. The van der Waals surface area contributed by atoms with Crippen molar-refractivity contribution in [2.45, 2.75) is 50.5 Å². The van der Waals surface area contributed by atoms with Gasteiger partial charge in [-0.3, -0.25) is 4.79 Å². The molecule has 3 heteroatoms. The van der Waals surface area contributed by atoms with Crippen molar-refractivity contribution in [2.24, 2.45) is 35.5 Å². The zero-order valence-electron chi connectivity index (χ0n) is 18.9. The fourth-order valence-electron chi connectivity index (χ4n) is 8.08. The lowest BCUT2D eigenvalue weighted by Crippen LogP contribution is -2.54. The van der Waals surface area contributed by atoms with Crippen LogP contribution in [0.2, 0.25) is 0 Å². The molecule has 1 saturated heterocycles. The summed E-state index contributed by atoms with van der Waals surface area (Å²) in [7, 11) is 0. The number of aliphatic hydroxyl groups is 1. The smallest absolute Gasteiger partial charge is 0.226 e. The number of hydrogen-bond acceptors (Lipinski definition) is 2. The molecule has 0 radical (unpaired) electrons. The van der Waals surface area contributed by atoms with E-state index in [0.717, 1.165) is 48.9 Å². The van der Waals surface area contributed by atoms with Gasteiger partial charge in [-0.1, -0.05) is 60.7 Å². The Morgan fingerprint density at radius 3 is 1.69 bits per heavy atom. The second-order valence-corrected chi connectivity index (χ2v) is 11.1. The summed E-state index contributed by atoms with van der Waals surface area (Å²) in [4.78, 5) is 15.8. The number of carbonyl (C=O) groups excluding carboxylic acids is 1. The average Bonchev–Trinajstić information content (AvgIpc) is 2.84. The molecule has 0 aromatic heterocycles. The molecule has 1 N–H and O–H groups in total. The quantitative estimate of drug-likeness (QED) is 0.723. The first-order valence-corrected chi connectivity index (χ1v) is 12.7. The molecule has 2 aromatic carbocycles. The predicted octanol–water partition coefficient (Wildman–Crippen LogP) is 5.23. The summed E-state index contributed by atoms with van der Waals surface area (Å²) >= 11 is 0. The fourth-order valence-corrected chi connectivity index (χ4v) is 8.08. The third-order valence-corrected chi connectivity index (χ3v) is 9.34. The number of benzene rings is 2. The molecule has 4 aliphatic carbocycles. The highest BCUT2D eigenvalue weighted by Gasteiger charge is 2.52. The topological polar surface area (TPSA) is 40.5 Å². The number of hydrogen-bond donors (Lipinski definition) is 1. The van der Waals surface area contributed by atoms with Crippen LogP contribution in [0, 0.1) is 35.5 Å². The Morgan fingerprint density at radius 2 is 1.22 bits per heavy atom. The van der Waals surface area contributed by atoms with Crippen LogP contribution in [0.3, 0.4) is 0 Å². The van der Waals surface area contributed by atoms with Crippen molar-refractivity contribution in [3.05, 3.63) is 71.8 Å².